The van der Waals surface area contributed by atoms with Crippen LogP contribution in [0.1, 0.15) is 18.5 Å². The van der Waals surface area contributed by atoms with E-state index in [1.165, 1.54) is 12.8 Å². The van der Waals surface area contributed by atoms with E-state index in [-0.39, 0.29) is 0 Å². The van der Waals surface area contributed by atoms with E-state index in [0.29, 0.717) is 6.61 Å². The van der Waals surface area contributed by atoms with E-state index in [0.717, 1.165) is 75.5 Å². The first-order valence-corrected chi connectivity index (χ1v) is 10.6. The van der Waals surface area contributed by atoms with E-state index in [4.69, 9.17) is 14.5 Å². The zero-order valence-corrected chi connectivity index (χ0v) is 17.3. The fourth-order valence-electron chi connectivity index (χ4n) is 3.91. The third kappa shape index (κ3) is 5.58. The summed E-state index contributed by atoms with van der Waals surface area (Å²) in [6.45, 7) is 8.98. The second-order valence-corrected chi connectivity index (χ2v) is 7.68. The van der Waals surface area contributed by atoms with Crippen molar-refractivity contribution in [3.8, 4) is 11.5 Å². The Labute approximate surface area is 173 Å². The third-order valence-corrected chi connectivity index (χ3v) is 5.68. The molecule has 0 unspecified atom stereocenters. The number of nitrogens with zero attached hydrogens (tertiary/aromatic N) is 5. The van der Waals surface area contributed by atoms with Gasteiger partial charge in [0.25, 0.3) is 0 Å². The van der Waals surface area contributed by atoms with Crippen LogP contribution in [-0.4, -0.2) is 79.3 Å². The molecule has 1 aromatic carbocycles. The van der Waals surface area contributed by atoms with Gasteiger partial charge in [0.1, 0.15) is 18.1 Å². The predicted octanol–water partition coefficient (Wildman–Crippen LogP) is 2.28. The predicted molar refractivity (Wildman–Crippen MR) is 114 cm³/mol. The van der Waals surface area contributed by atoms with Crippen molar-refractivity contribution in [2.24, 2.45) is 0 Å². The quantitative estimate of drug-likeness (QED) is 0.677. The maximum Gasteiger partial charge on any atom is 0.225 e. The summed E-state index contributed by atoms with van der Waals surface area (Å²) >= 11 is 0. The van der Waals surface area contributed by atoms with Gasteiger partial charge in [-0.2, -0.15) is 0 Å². The normalized spacial score (nSPS) is 18.2. The van der Waals surface area contributed by atoms with Crippen molar-refractivity contribution in [2.75, 3.05) is 64.4 Å². The van der Waals surface area contributed by atoms with Crippen LogP contribution in [0.2, 0.25) is 0 Å². The molecular formula is C22H31N5O2. The first-order chi connectivity index (χ1) is 14.3. The molecule has 0 aliphatic carbocycles. The van der Waals surface area contributed by atoms with Crippen molar-refractivity contribution in [2.45, 2.75) is 19.4 Å². The van der Waals surface area contributed by atoms with Crippen LogP contribution in [0.5, 0.6) is 11.5 Å². The van der Waals surface area contributed by atoms with E-state index < -0.39 is 0 Å². The summed E-state index contributed by atoms with van der Waals surface area (Å²) < 4.78 is 11.0. The molecule has 7 heteroatoms. The van der Waals surface area contributed by atoms with Crippen molar-refractivity contribution in [3.63, 3.8) is 0 Å². The molecule has 29 heavy (non-hydrogen) atoms. The fourth-order valence-corrected chi connectivity index (χ4v) is 3.91. The van der Waals surface area contributed by atoms with Crippen molar-refractivity contribution >= 4 is 5.95 Å². The highest BCUT2D eigenvalue weighted by atomic mass is 16.5. The van der Waals surface area contributed by atoms with E-state index in [9.17, 15) is 0 Å². The maximum atomic E-state index is 5.86. The Hall–Kier alpha value is -2.38. The standard InChI is InChI=1S/C22H31N5O2/c1-28-20-4-6-21(7-5-20)29-17-16-25-12-14-26(15-13-25)18-19-8-9-23-22(24-19)27-10-2-3-11-27/h4-9H,2-3,10-18H2,1H3. The van der Waals surface area contributed by atoms with E-state index >= 15 is 0 Å². The highest BCUT2D eigenvalue weighted by Crippen LogP contribution is 2.18. The van der Waals surface area contributed by atoms with Crippen LogP contribution in [0.25, 0.3) is 0 Å². The molecule has 0 spiro atoms. The lowest BCUT2D eigenvalue weighted by molar-refractivity contribution is 0.111. The van der Waals surface area contributed by atoms with Crippen LogP contribution in [-0.2, 0) is 6.54 Å². The minimum atomic E-state index is 0.706. The van der Waals surface area contributed by atoms with Gasteiger partial charge >= 0.3 is 0 Å². The Bertz CT molecular complexity index is 756. The van der Waals surface area contributed by atoms with E-state index in [1.54, 1.807) is 7.11 Å². The van der Waals surface area contributed by atoms with Crippen molar-refractivity contribution in [1.29, 1.82) is 0 Å². The minimum absolute atomic E-state index is 0.706. The SMILES string of the molecule is COc1ccc(OCCN2CCN(Cc3ccnc(N4CCCC4)n3)CC2)cc1. The smallest absolute Gasteiger partial charge is 0.225 e. The number of aromatic nitrogens is 2. The topological polar surface area (TPSA) is 54.0 Å². The average Bonchev–Trinajstić information content (AvgIpc) is 3.31. The molecule has 0 saturated carbocycles. The zero-order chi connectivity index (χ0) is 19.9. The Kier molecular flexibility index (Phi) is 6.79. The molecule has 0 bridgehead atoms. The summed E-state index contributed by atoms with van der Waals surface area (Å²) in [4.78, 5) is 16.5. The highest BCUT2D eigenvalue weighted by molar-refractivity contribution is 5.32. The molecule has 1 aromatic heterocycles. The first-order valence-electron chi connectivity index (χ1n) is 10.6. The summed E-state index contributed by atoms with van der Waals surface area (Å²) in [6, 6.07) is 9.81. The van der Waals surface area contributed by atoms with Gasteiger partial charge in [-0.3, -0.25) is 9.80 Å². The Morgan fingerprint density at radius 1 is 0.862 bits per heavy atom. The number of piperazine rings is 1. The molecule has 3 heterocycles. The molecule has 0 amide bonds. The van der Waals surface area contributed by atoms with Gasteiger partial charge in [-0.1, -0.05) is 0 Å². The zero-order valence-electron chi connectivity index (χ0n) is 17.3. The highest BCUT2D eigenvalue weighted by Gasteiger charge is 2.19. The van der Waals surface area contributed by atoms with Gasteiger partial charge < -0.3 is 14.4 Å². The largest absolute Gasteiger partial charge is 0.497 e. The Morgan fingerprint density at radius 2 is 1.55 bits per heavy atom. The van der Waals surface area contributed by atoms with Gasteiger partial charge in [-0.25, -0.2) is 9.97 Å². The Morgan fingerprint density at radius 3 is 2.28 bits per heavy atom. The van der Waals surface area contributed by atoms with Crippen molar-refractivity contribution in [1.82, 2.24) is 19.8 Å². The van der Waals surface area contributed by atoms with Gasteiger partial charge in [0.05, 0.1) is 12.8 Å². The molecular weight excluding hydrogens is 366 g/mol. The molecule has 7 nitrogen and oxygen atoms in total. The second-order valence-electron chi connectivity index (χ2n) is 7.68. The van der Waals surface area contributed by atoms with Gasteiger partial charge in [-0.15, -0.1) is 0 Å². The third-order valence-electron chi connectivity index (χ3n) is 5.68. The lowest BCUT2D eigenvalue weighted by Gasteiger charge is -2.34. The summed E-state index contributed by atoms with van der Waals surface area (Å²) in [5.74, 6) is 2.64. The fraction of sp³-hybridized carbons (Fsp3) is 0.545. The average molecular weight is 398 g/mol. The van der Waals surface area contributed by atoms with Gasteiger partial charge in [0.15, 0.2) is 0 Å². The van der Waals surface area contributed by atoms with Crippen LogP contribution < -0.4 is 14.4 Å². The number of benzene rings is 1. The van der Waals surface area contributed by atoms with Crippen LogP contribution in [0, 0.1) is 0 Å². The van der Waals surface area contributed by atoms with Crippen LogP contribution >= 0.6 is 0 Å². The molecule has 2 aliphatic rings. The summed E-state index contributed by atoms with van der Waals surface area (Å²) in [7, 11) is 1.67. The molecule has 156 valence electrons. The maximum absolute atomic E-state index is 5.86. The molecule has 0 radical (unpaired) electrons. The number of anilines is 1. The van der Waals surface area contributed by atoms with Gasteiger partial charge in [-0.05, 0) is 43.2 Å². The van der Waals surface area contributed by atoms with Crippen LogP contribution in [0.15, 0.2) is 36.5 Å². The van der Waals surface area contributed by atoms with Gasteiger partial charge in [0.2, 0.25) is 5.95 Å². The number of methoxy groups -OCH3 is 1. The number of hydrogen-bond acceptors (Lipinski definition) is 7. The number of hydrogen-bond donors (Lipinski definition) is 0. The van der Waals surface area contributed by atoms with Crippen LogP contribution in [0.4, 0.5) is 5.95 Å². The minimum Gasteiger partial charge on any atom is -0.497 e. The van der Waals surface area contributed by atoms with Gasteiger partial charge in [0, 0.05) is 58.6 Å². The first kappa shape index (κ1) is 19.9. The lowest BCUT2D eigenvalue weighted by atomic mass is 10.3. The molecule has 2 saturated heterocycles. The summed E-state index contributed by atoms with van der Waals surface area (Å²) in [6.07, 6.45) is 4.40. The van der Waals surface area contributed by atoms with Crippen molar-refractivity contribution in [3.05, 3.63) is 42.2 Å². The summed E-state index contributed by atoms with van der Waals surface area (Å²) in [5, 5.41) is 0. The van der Waals surface area contributed by atoms with Crippen molar-refractivity contribution < 1.29 is 9.47 Å². The van der Waals surface area contributed by atoms with E-state index in [1.807, 2.05) is 30.5 Å². The van der Waals surface area contributed by atoms with E-state index in [2.05, 4.69) is 25.8 Å². The van der Waals surface area contributed by atoms with Crippen LogP contribution in [0.3, 0.4) is 0 Å². The molecule has 0 atom stereocenters. The number of rotatable bonds is 8. The molecule has 4 rings (SSSR count). The molecule has 2 aromatic rings. The molecule has 2 fully saturated rings. The number of ether oxygens (including phenoxy) is 2. The molecule has 2 aliphatic heterocycles. The lowest BCUT2D eigenvalue weighted by Crippen LogP contribution is -2.47. The molecule has 0 N–H and O–H groups in total. The monoisotopic (exact) mass is 397 g/mol. The Balaban J connectivity index is 1.18. The summed E-state index contributed by atoms with van der Waals surface area (Å²) in [5.41, 5.74) is 1.12. The second kappa shape index (κ2) is 9.89.